The lowest BCUT2D eigenvalue weighted by Gasteiger charge is -2.08. The van der Waals surface area contributed by atoms with Crippen LogP contribution in [0.2, 0.25) is 0 Å². The van der Waals surface area contributed by atoms with E-state index in [1.807, 2.05) is 6.92 Å². The predicted octanol–water partition coefficient (Wildman–Crippen LogP) is -0.226. The monoisotopic (exact) mass is 212 g/mol. The summed E-state index contributed by atoms with van der Waals surface area (Å²) in [6.07, 6.45) is 1.19. The van der Waals surface area contributed by atoms with Crippen molar-refractivity contribution in [3.63, 3.8) is 0 Å². The Morgan fingerprint density at radius 3 is 2.93 bits per heavy atom. The highest BCUT2D eigenvalue weighted by Gasteiger charge is 2.10. The first-order valence-corrected chi connectivity index (χ1v) is 4.96. The maximum atomic E-state index is 11.3. The summed E-state index contributed by atoms with van der Waals surface area (Å²) in [7, 11) is 0. The summed E-state index contributed by atoms with van der Waals surface area (Å²) in [6.45, 7) is 4.07. The van der Waals surface area contributed by atoms with Gasteiger partial charge in [-0.2, -0.15) is 4.98 Å². The van der Waals surface area contributed by atoms with E-state index >= 15 is 0 Å². The maximum Gasteiger partial charge on any atom is 0.236 e. The van der Waals surface area contributed by atoms with Crippen molar-refractivity contribution in [3.8, 4) is 0 Å². The lowest BCUT2D eigenvalue weighted by molar-refractivity contribution is -0.122. The fraction of sp³-hybridized carbons (Fsp3) is 0.667. The van der Waals surface area contributed by atoms with Gasteiger partial charge in [-0.15, -0.1) is 0 Å². The Labute approximate surface area is 88.2 Å². The van der Waals surface area contributed by atoms with Gasteiger partial charge in [0.1, 0.15) is 0 Å². The van der Waals surface area contributed by atoms with Crippen molar-refractivity contribution < 1.29 is 9.32 Å². The second kappa shape index (κ2) is 5.45. The Balaban J connectivity index is 2.24. The van der Waals surface area contributed by atoms with Crippen LogP contribution in [-0.2, 0) is 11.2 Å². The topological polar surface area (TPSA) is 94.0 Å². The minimum absolute atomic E-state index is 0.141. The number of aryl methyl sites for hydroxylation is 1. The first-order valence-electron chi connectivity index (χ1n) is 4.96. The molecule has 1 amide bonds. The number of amides is 1. The highest BCUT2D eigenvalue weighted by atomic mass is 16.5. The second-order valence-electron chi connectivity index (χ2n) is 3.29. The van der Waals surface area contributed by atoms with Gasteiger partial charge < -0.3 is 15.6 Å². The minimum atomic E-state index is -0.433. The van der Waals surface area contributed by atoms with Crippen LogP contribution in [-0.4, -0.2) is 28.6 Å². The molecule has 1 aromatic rings. The molecule has 0 spiro atoms. The normalized spacial score (nSPS) is 12.5. The third-order valence-electron chi connectivity index (χ3n) is 1.99. The molecule has 84 valence electrons. The van der Waals surface area contributed by atoms with E-state index in [0.29, 0.717) is 31.1 Å². The number of hydrogen-bond acceptors (Lipinski definition) is 5. The molecule has 1 aromatic heterocycles. The molecular weight excluding hydrogens is 196 g/mol. The Hall–Kier alpha value is -1.43. The number of carbonyl (C=O) groups is 1. The SMILES string of the molecule is CCC(N)C(=O)NCCc1noc(C)n1. The Morgan fingerprint density at radius 1 is 1.67 bits per heavy atom. The zero-order valence-corrected chi connectivity index (χ0v) is 8.99. The standard InChI is InChI=1S/C9H16N4O2/c1-3-7(10)9(14)11-5-4-8-12-6(2)15-13-8/h7H,3-5,10H2,1-2H3,(H,11,14). The van der Waals surface area contributed by atoms with Gasteiger partial charge in [0, 0.05) is 19.9 Å². The quantitative estimate of drug-likeness (QED) is 0.703. The van der Waals surface area contributed by atoms with Crippen molar-refractivity contribution in [2.45, 2.75) is 32.7 Å². The molecule has 1 heterocycles. The van der Waals surface area contributed by atoms with Crippen LogP contribution in [0.1, 0.15) is 25.1 Å². The molecule has 1 atom stereocenters. The minimum Gasteiger partial charge on any atom is -0.354 e. The van der Waals surface area contributed by atoms with E-state index < -0.39 is 6.04 Å². The molecule has 15 heavy (non-hydrogen) atoms. The molecule has 0 aliphatic carbocycles. The lowest BCUT2D eigenvalue weighted by atomic mass is 10.2. The molecule has 0 bridgehead atoms. The Kier molecular flexibility index (Phi) is 4.23. The Morgan fingerprint density at radius 2 is 2.40 bits per heavy atom. The van der Waals surface area contributed by atoms with E-state index in [0.717, 1.165) is 0 Å². The van der Waals surface area contributed by atoms with Crippen molar-refractivity contribution >= 4 is 5.91 Å². The molecule has 6 heteroatoms. The molecule has 0 aliphatic rings. The van der Waals surface area contributed by atoms with Crippen LogP contribution >= 0.6 is 0 Å². The first-order chi connectivity index (χ1) is 7.13. The van der Waals surface area contributed by atoms with Crippen LogP contribution in [0.4, 0.5) is 0 Å². The molecule has 0 saturated carbocycles. The van der Waals surface area contributed by atoms with E-state index in [-0.39, 0.29) is 5.91 Å². The summed E-state index contributed by atoms with van der Waals surface area (Å²) in [4.78, 5) is 15.3. The Bertz CT molecular complexity index is 324. The van der Waals surface area contributed by atoms with Crippen LogP contribution in [0.25, 0.3) is 0 Å². The van der Waals surface area contributed by atoms with Crippen LogP contribution in [0.3, 0.4) is 0 Å². The number of carbonyl (C=O) groups excluding carboxylic acids is 1. The molecule has 0 aromatic carbocycles. The smallest absolute Gasteiger partial charge is 0.236 e. The summed E-state index contributed by atoms with van der Waals surface area (Å²) in [5, 5.41) is 6.41. The number of hydrogen-bond donors (Lipinski definition) is 2. The van der Waals surface area contributed by atoms with Crippen LogP contribution < -0.4 is 11.1 Å². The molecule has 6 nitrogen and oxygen atoms in total. The number of nitrogens with one attached hydrogen (secondary N) is 1. The molecule has 1 unspecified atom stereocenters. The summed E-state index contributed by atoms with van der Waals surface area (Å²) in [6, 6.07) is -0.433. The third-order valence-corrected chi connectivity index (χ3v) is 1.99. The summed E-state index contributed by atoms with van der Waals surface area (Å²) >= 11 is 0. The van der Waals surface area contributed by atoms with Gasteiger partial charge in [0.2, 0.25) is 11.8 Å². The number of rotatable bonds is 5. The van der Waals surface area contributed by atoms with E-state index in [9.17, 15) is 4.79 Å². The van der Waals surface area contributed by atoms with Crippen molar-refractivity contribution in [2.75, 3.05) is 6.54 Å². The average molecular weight is 212 g/mol. The largest absolute Gasteiger partial charge is 0.354 e. The van der Waals surface area contributed by atoms with Gasteiger partial charge >= 0.3 is 0 Å². The van der Waals surface area contributed by atoms with Crippen LogP contribution in [0.15, 0.2) is 4.52 Å². The molecule has 1 rings (SSSR count). The van der Waals surface area contributed by atoms with Crippen molar-refractivity contribution in [1.29, 1.82) is 0 Å². The predicted molar refractivity (Wildman–Crippen MR) is 54.0 cm³/mol. The summed E-state index contributed by atoms with van der Waals surface area (Å²) in [5.74, 6) is 0.983. The van der Waals surface area contributed by atoms with Crippen molar-refractivity contribution in [2.24, 2.45) is 5.73 Å². The fourth-order valence-corrected chi connectivity index (χ4v) is 1.06. The van der Waals surface area contributed by atoms with Crippen molar-refractivity contribution in [1.82, 2.24) is 15.5 Å². The van der Waals surface area contributed by atoms with E-state index in [1.54, 1.807) is 6.92 Å². The molecule has 0 fully saturated rings. The number of nitrogens with two attached hydrogens (primary N) is 1. The molecular formula is C9H16N4O2. The van der Waals surface area contributed by atoms with Gasteiger partial charge in [-0.05, 0) is 6.42 Å². The van der Waals surface area contributed by atoms with E-state index in [4.69, 9.17) is 10.3 Å². The fourth-order valence-electron chi connectivity index (χ4n) is 1.06. The first kappa shape index (κ1) is 11.6. The highest BCUT2D eigenvalue weighted by molar-refractivity contribution is 5.81. The average Bonchev–Trinajstić information content (AvgIpc) is 2.63. The lowest BCUT2D eigenvalue weighted by Crippen LogP contribution is -2.40. The van der Waals surface area contributed by atoms with Gasteiger partial charge in [-0.1, -0.05) is 12.1 Å². The summed E-state index contributed by atoms with van der Waals surface area (Å²) < 4.78 is 4.79. The third kappa shape index (κ3) is 3.67. The molecule has 0 radical (unpaired) electrons. The van der Waals surface area contributed by atoms with Gasteiger partial charge in [-0.25, -0.2) is 0 Å². The van der Waals surface area contributed by atoms with Gasteiger partial charge in [0.15, 0.2) is 5.82 Å². The molecule has 0 saturated heterocycles. The number of aromatic nitrogens is 2. The van der Waals surface area contributed by atoms with E-state index in [2.05, 4.69) is 15.5 Å². The van der Waals surface area contributed by atoms with Crippen LogP contribution in [0.5, 0.6) is 0 Å². The molecule has 0 aliphatic heterocycles. The maximum absolute atomic E-state index is 11.3. The second-order valence-corrected chi connectivity index (χ2v) is 3.29. The van der Waals surface area contributed by atoms with Gasteiger partial charge in [0.25, 0.3) is 0 Å². The van der Waals surface area contributed by atoms with Gasteiger partial charge in [0.05, 0.1) is 6.04 Å². The zero-order valence-electron chi connectivity index (χ0n) is 8.99. The van der Waals surface area contributed by atoms with Gasteiger partial charge in [-0.3, -0.25) is 4.79 Å². The van der Waals surface area contributed by atoms with E-state index in [1.165, 1.54) is 0 Å². The highest BCUT2D eigenvalue weighted by Crippen LogP contribution is 1.95. The molecule has 3 N–H and O–H groups in total. The van der Waals surface area contributed by atoms with Crippen molar-refractivity contribution in [3.05, 3.63) is 11.7 Å². The van der Waals surface area contributed by atoms with Crippen LogP contribution in [0, 0.1) is 6.92 Å². The number of nitrogens with zero attached hydrogens (tertiary/aromatic N) is 2. The zero-order chi connectivity index (χ0) is 11.3. The summed E-state index contributed by atoms with van der Waals surface area (Å²) in [5.41, 5.74) is 5.54.